The fraction of sp³-hybridized carbons (Fsp3) is 0.261. The molecule has 1 amide bonds. The number of fused-ring (bicyclic) bond motifs is 1. The van der Waals surface area contributed by atoms with Crippen LogP contribution in [0, 0.1) is 6.92 Å². The first-order valence-electron chi connectivity index (χ1n) is 10.0. The number of carbonyl (C=O) groups excluding carboxylic acids is 2. The lowest BCUT2D eigenvalue weighted by atomic mass is 10.0. The molecular weight excluding hydrogens is 398 g/mol. The number of rotatable bonds is 4. The maximum absolute atomic E-state index is 13.0. The number of ether oxygens (including phenoxy) is 1. The van der Waals surface area contributed by atoms with Gasteiger partial charge >= 0.3 is 5.97 Å². The summed E-state index contributed by atoms with van der Waals surface area (Å²) >= 11 is 0. The van der Waals surface area contributed by atoms with E-state index in [1.165, 1.54) is 12.1 Å². The molecule has 0 atom stereocenters. The molecule has 0 radical (unpaired) electrons. The van der Waals surface area contributed by atoms with Crippen LogP contribution in [0.25, 0.3) is 5.69 Å². The van der Waals surface area contributed by atoms with Crippen molar-refractivity contribution in [3.05, 3.63) is 70.5 Å². The second-order valence-corrected chi connectivity index (χ2v) is 7.46. The fourth-order valence-corrected chi connectivity index (χ4v) is 3.76. The lowest BCUT2D eigenvalue weighted by molar-refractivity contribution is 0.0513. The van der Waals surface area contributed by atoms with E-state index in [0.29, 0.717) is 18.5 Å². The topological polar surface area (TPSA) is 105 Å². The van der Waals surface area contributed by atoms with Crippen LogP contribution in [-0.4, -0.2) is 49.9 Å². The van der Waals surface area contributed by atoms with Crippen LogP contribution in [0.15, 0.2) is 42.5 Å². The highest BCUT2D eigenvalue weighted by Crippen LogP contribution is 2.28. The number of hydrogen-bond donors (Lipinski definition) is 2. The van der Waals surface area contributed by atoms with Gasteiger partial charge in [-0.25, -0.2) is 9.48 Å². The van der Waals surface area contributed by atoms with Crippen molar-refractivity contribution in [1.29, 1.82) is 0 Å². The highest BCUT2D eigenvalue weighted by atomic mass is 16.5. The van der Waals surface area contributed by atoms with Gasteiger partial charge in [-0.1, -0.05) is 17.7 Å². The summed E-state index contributed by atoms with van der Waals surface area (Å²) in [6, 6.07) is 11.6. The summed E-state index contributed by atoms with van der Waals surface area (Å²) in [5, 5.41) is 24.0. The van der Waals surface area contributed by atoms with E-state index in [1.807, 2.05) is 31.2 Å². The van der Waals surface area contributed by atoms with E-state index < -0.39 is 5.97 Å². The predicted molar refractivity (Wildman–Crippen MR) is 112 cm³/mol. The van der Waals surface area contributed by atoms with Crippen molar-refractivity contribution in [2.45, 2.75) is 26.8 Å². The third-order valence-electron chi connectivity index (χ3n) is 5.24. The van der Waals surface area contributed by atoms with Crippen molar-refractivity contribution in [1.82, 2.24) is 14.7 Å². The van der Waals surface area contributed by atoms with Gasteiger partial charge in [0.1, 0.15) is 11.5 Å². The Morgan fingerprint density at radius 3 is 2.42 bits per heavy atom. The average Bonchev–Trinajstić information content (AvgIpc) is 3.12. The molecule has 0 bridgehead atoms. The molecule has 1 aliphatic heterocycles. The Labute approximate surface area is 179 Å². The number of aromatic nitrogens is 2. The minimum Gasteiger partial charge on any atom is -0.508 e. The summed E-state index contributed by atoms with van der Waals surface area (Å²) in [4.78, 5) is 27.1. The standard InChI is InChI=1S/C23H23N3O5/c1-3-31-23(30)21-19-13-25(22(29)15-10-17(27)12-18(28)11-15)9-8-20(19)26(24-21)16-6-4-14(2)5-7-16/h4-7,10-12,27-28H,3,8-9,13H2,1-2H3. The largest absolute Gasteiger partial charge is 0.508 e. The first-order chi connectivity index (χ1) is 14.9. The van der Waals surface area contributed by atoms with Crippen LogP contribution in [-0.2, 0) is 17.7 Å². The number of hydrogen-bond acceptors (Lipinski definition) is 6. The van der Waals surface area contributed by atoms with Crippen molar-refractivity contribution in [3.63, 3.8) is 0 Å². The summed E-state index contributed by atoms with van der Waals surface area (Å²) in [6.45, 7) is 4.52. The van der Waals surface area contributed by atoms with Crippen molar-refractivity contribution >= 4 is 11.9 Å². The first kappa shape index (κ1) is 20.5. The number of esters is 1. The predicted octanol–water partition coefficient (Wildman–Crippen LogP) is 2.97. The molecule has 160 valence electrons. The molecular formula is C23H23N3O5. The lowest BCUT2D eigenvalue weighted by Crippen LogP contribution is -2.36. The van der Waals surface area contributed by atoms with Crippen LogP contribution in [0.5, 0.6) is 11.5 Å². The Bertz CT molecular complexity index is 1130. The van der Waals surface area contributed by atoms with Crippen LogP contribution < -0.4 is 0 Å². The smallest absolute Gasteiger partial charge is 0.359 e. The first-order valence-corrected chi connectivity index (χ1v) is 10.0. The molecule has 0 fully saturated rings. The molecule has 0 aliphatic carbocycles. The Kier molecular flexibility index (Phi) is 5.37. The number of nitrogens with zero attached hydrogens (tertiary/aromatic N) is 3. The second-order valence-electron chi connectivity index (χ2n) is 7.46. The molecule has 2 heterocycles. The van der Waals surface area contributed by atoms with E-state index >= 15 is 0 Å². The van der Waals surface area contributed by atoms with E-state index in [-0.39, 0.29) is 41.8 Å². The molecule has 8 nitrogen and oxygen atoms in total. The van der Waals surface area contributed by atoms with Crippen LogP contribution in [0.3, 0.4) is 0 Å². The SMILES string of the molecule is CCOC(=O)c1nn(-c2ccc(C)cc2)c2c1CN(C(=O)c1cc(O)cc(O)c1)CC2. The monoisotopic (exact) mass is 421 g/mol. The van der Waals surface area contributed by atoms with Gasteiger partial charge in [-0.2, -0.15) is 5.10 Å². The van der Waals surface area contributed by atoms with Gasteiger partial charge in [-0.15, -0.1) is 0 Å². The zero-order valence-electron chi connectivity index (χ0n) is 17.3. The van der Waals surface area contributed by atoms with Crippen molar-refractivity contribution in [3.8, 4) is 17.2 Å². The van der Waals surface area contributed by atoms with E-state index in [9.17, 15) is 19.8 Å². The summed E-state index contributed by atoms with van der Waals surface area (Å²) in [7, 11) is 0. The number of benzene rings is 2. The molecule has 4 rings (SSSR count). The number of carbonyl (C=O) groups is 2. The number of aryl methyl sites for hydroxylation is 1. The van der Waals surface area contributed by atoms with Gasteiger partial charge in [0.05, 0.1) is 24.5 Å². The highest BCUT2D eigenvalue weighted by molar-refractivity contribution is 5.96. The van der Waals surface area contributed by atoms with E-state index in [1.54, 1.807) is 16.5 Å². The maximum Gasteiger partial charge on any atom is 0.359 e. The third kappa shape index (κ3) is 3.96. The molecule has 1 aliphatic rings. The van der Waals surface area contributed by atoms with Crippen molar-refractivity contribution in [2.75, 3.05) is 13.2 Å². The lowest BCUT2D eigenvalue weighted by Gasteiger charge is -2.28. The summed E-state index contributed by atoms with van der Waals surface area (Å²) in [5.74, 6) is -1.27. The molecule has 0 unspecified atom stereocenters. The quantitative estimate of drug-likeness (QED) is 0.628. The maximum atomic E-state index is 13.0. The molecule has 3 aromatic rings. The third-order valence-corrected chi connectivity index (χ3v) is 5.24. The number of phenols is 2. The normalized spacial score (nSPS) is 13.0. The van der Waals surface area contributed by atoms with Gasteiger partial charge in [0.2, 0.25) is 0 Å². The van der Waals surface area contributed by atoms with E-state index in [0.717, 1.165) is 23.0 Å². The molecule has 31 heavy (non-hydrogen) atoms. The van der Waals surface area contributed by atoms with Gasteiger partial charge < -0.3 is 19.8 Å². The Morgan fingerprint density at radius 1 is 1.10 bits per heavy atom. The number of amides is 1. The average molecular weight is 421 g/mol. The zero-order chi connectivity index (χ0) is 22.1. The Balaban J connectivity index is 1.72. The van der Waals surface area contributed by atoms with Crippen molar-refractivity contribution in [2.24, 2.45) is 0 Å². The summed E-state index contributed by atoms with van der Waals surface area (Å²) < 4.78 is 6.93. The minimum atomic E-state index is -0.533. The molecule has 1 aromatic heterocycles. The van der Waals surface area contributed by atoms with Gasteiger partial charge in [-0.3, -0.25) is 4.79 Å². The van der Waals surface area contributed by atoms with Gasteiger partial charge in [0.15, 0.2) is 5.69 Å². The number of phenolic OH excluding ortho intramolecular Hbond substituents is 2. The summed E-state index contributed by atoms with van der Waals surface area (Å²) in [5.41, 5.74) is 3.80. The van der Waals surface area contributed by atoms with Crippen LogP contribution in [0.4, 0.5) is 0 Å². The molecule has 8 heteroatoms. The minimum absolute atomic E-state index is 0.171. The highest BCUT2D eigenvalue weighted by Gasteiger charge is 2.31. The van der Waals surface area contributed by atoms with Crippen molar-refractivity contribution < 1.29 is 24.5 Å². The van der Waals surface area contributed by atoms with Gasteiger partial charge in [-0.05, 0) is 38.1 Å². The molecule has 0 saturated heterocycles. The second kappa shape index (κ2) is 8.14. The van der Waals surface area contributed by atoms with Crippen LogP contribution in [0.2, 0.25) is 0 Å². The van der Waals surface area contributed by atoms with E-state index in [2.05, 4.69) is 5.10 Å². The van der Waals surface area contributed by atoms with E-state index in [4.69, 9.17) is 4.74 Å². The van der Waals surface area contributed by atoms with Crippen LogP contribution >= 0.6 is 0 Å². The van der Waals surface area contributed by atoms with Gasteiger partial charge in [0.25, 0.3) is 5.91 Å². The Morgan fingerprint density at radius 2 is 1.77 bits per heavy atom. The molecule has 0 spiro atoms. The Hall–Kier alpha value is -3.81. The fourth-order valence-electron chi connectivity index (χ4n) is 3.76. The zero-order valence-corrected chi connectivity index (χ0v) is 17.3. The van der Waals surface area contributed by atoms with Gasteiger partial charge in [0, 0.05) is 30.2 Å². The summed E-state index contributed by atoms with van der Waals surface area (Å²) in [6.07, 6.45) is 0.492. The number of aromatic hydroxyl groups is 2. The molecule has 2 N–H and O–H groups in total. The van der Waals surface area contributed by atoms with Crippen LogP contribution in [0.1, 0.15) is 44.6 Å². The molecule has 0 saturated carbocycles. The molecule has 2 aromatic carbocycles.